The predicted octanol–water partition coefficient (Wildman–Crippen LogP) is 3.32. The monoisotopic (exact) mass is 498 g/mol. The van der Waals surface area contributed by atoms with Gasteiger partial charge < -0.3 is 20.2 Å². The zero-order chi connectivity index (χ0) is 25.7. The molecule has 1 aliphatic heterocycles. The summed E-state index contributed by atoms with van der Waals surface area (Å²) in [4.78, 5) is 35.0. The first kappa shape index (κ1) is 23.5. The minimum absolute atomic E-state index is 0.0552. The van der Waals surface area contributed by atoms with Crippen molar-refractivity contribution in [3.63, 3.8) is 0 Å². The topological polar surface area (TPSA) is 133 Å². The van der Waals surface area contributed by atoms with Crippen molar-refractivity contribution in [2.24, 2.45) is 0 Å². The molecule has 3 N–H and O–H groups in total. The number of hydrogen-bond acceptors (Lipinski definition) is 8. The highest BCUT2D eigenvalue weighted by Gasteiger charge is 2.48. The number of alkyl halides is 3. The molecule has 1 atom stereocenters. The Balaban J connectivity index is 1.55. The Morgan fingerprint density at radius 1 is 1.19 bits per heavy atom. The normalized spacial score (nSPS) is 17.3. The Bertz CT molecular complexity index is 1470. The standard InChI is InChI=1S/C23H21F3N8O2/c1-22(15-6-5-12(36-2)10-29-15)16-17(27)31-18(32-19(16)33-21(22)35)14-11-34-9-8-28-20(34)13(30-14)4-3-7-23(24,25)26/h5-6,8-11H,3-4,7H2,1-2H3,(H3,27,31,32,33,35). The number of imidazole rings is 1. The van der Waals surface area contributed by atoms with Gasteiger partial charge in [0.25, 0.3) is 0 Å². The van der Waals surface area contributed by atoms with Crippen LogP contribution in [0.3, 0.4) is 0 Å². The van der Waals surface area contributed by atoms with E-state index in [0.717, 1.165) is 0 Å². The summed E-state index contributed by atoms with van der Waals surface area (Å²) in [6.45, 7) is 1.68. The van der Waals surface area contributed by atoms with Crippen LogP contribution in [0.1, 0.15) is 36.7 Å². The van der Waals surface area contributed by atoms with E-state index in [4.69, 9.17) is 10.5 Å². The number of hydrogen-bond donors (Lipinski definition) is 2. The fourth-order valence-electron chi connectivity index (χ4n) is 4.29. The van der Waals surface area contributed by atoms with Gasteiger partial charge in [0.1, 0.15) is 28.5 Å². The maximum Gasteiger partial charge on any atom is 0.389 e. The van der Waals surface area contributed by atoms with Crippen LogP contribution in [0.2, 0.25) is 0 Å². The number of rotatable bonds is 6. The smallest absolute Gasteiger partial charge is 0.389 e. The van der Waals surface area contributed by atoms with Crippen LogP contribution in [-0.2, 0) is 16.6 Å². The summed E-state index contributed by atoms with van der Waals surface area (Å²) >= 11 is 0. The summed E-state index contributed by atoms with van der Waals surface area (Å²) in [6, 6.07) is 3.36. The van der Waals surface area contributed by atoms with Gasteiger partial charge in [-0.25, -0.2) is 19.9 Å². The van der Waals surface area contributed by atoms with E-state index >= 15 is 0 Å². The Kier molecular flexibility index (Phi) is 5.49. The van der Waals surface area contributed by atoms with Crippen molar-refractivity contribution in [3.05, 3.63) is 53.9 Å². The van der Waals surface area contributed by atoms with Crippen molar-refractivity contribution < 1.29 is 22.7 Å². The van der Waals surface area contributed by atoms with Crippen LogP contribution < -0.4 is 15.8 Å². The number of aromatic nitrogens is 6. The molecule has 0 spiro atoms. The number of fused-ring (bicyclic) bond motifs is 2. The molecule has 10 nitrogen and oxygen atoms in total. The quantitative estimate of drug-likeness (QED) is 0.414. The third-order valence-corrected chi connectivity index (χ3v) is 6.15. The fraction of sp³-hybridized carbons (Fsp3) is 0.304. The lowest BCUT2D eigenvalue weighted by molar-refractivity contribution is -0.135. The number of amides is 1. The zero-order valence-corrected chi connectivity index (χ0v) is 19.3. The van der Waals surface area contributed by atoms with Crippen LogP contribution >= 0.6 is 0 Å². The number of nitrogens with two attached hydrogens (primary N) is 1. The molecule has 5 heterocycles. The fourth-order valence-corrected chi connectivity index (χ4v) is 4.29. The largest absolute Gasteiger partial charge is 0.495 e. The molecule has 1 amide bonds. The highest BCUT2D eigenvalue weighted by molar-refractivity contribution is 6.08. The van der Waals surface area contributed by atoms with E-state index in [1.54, 1.807) is 35.9 Å². The number of carbonyl (C=O) groups excluding carboxylic acids is 1. The molecule has 4 aromatic rings. The van der Waals surface area contributed by atoms with Crippen molar-refractivity contribution in [1.82, 2.24) is 29.3 Å². The predicted molar refractivity (Wildman–Crippen MR) is 123 cm³/mol. The van der Waals surface area contributed by atoms with E-state index < -0.39 is 18.0 Å². The van der Waals surface area contributed by atoms with Crippen molar-refractivity contribution in [2.45, 2.75) is 37.8 Å². The van der Waals surface area contributed by atoms with Gasteiger partial charge in [0.2, 0.25) is 5.91 Å². The van der Waals surface area contributed by atoms with Crippen molar-refractivity contribution in [2.75, 3.05) is 18.2 Å². The minimum atomic E-state index is -4.26. The third-order valence-electron chi connectivity index (χ3n) is 6.15. The Hall–Kier alpha value is -4.29. The number of nitrogens with zero attached hydrogens (tertiary/aromatic N) is 6. The average Bonchev–Trinajstić information content (AvgIpc) is 3.41. The van der Waals surface area contributed by atoms with Crippen molar-refractivity contribution in [3.8, 4) is 17.3 Å². The van der Waals surface area contributed by atoms with E-state index in [1.807, 2.05) is 0 Å². The zero-order valence-electron chi connectivity index (χ0n) is 19.3. The summed E-state index contributed by atoms with van der Waals surface area (Å²) in [5.41, 5.74) is 7.01. The number of aryl methyl sites for hydroxylation is 1. The molecule has 1 aliphatic rings. The van der Waals surface area contributed by atoms with Crippen LogP contribution in [0.4, 0.5) is 24.8 Å². The van der Waals surface area contributed by atoms with Gasteiger partial charge in [-0.15, -0.1) is 0 Å². The molecule has 0 radical (unpaired) electrons. The second-order valence-electron chi connectivity index (χ2n) is 8.52. The molecule has 0 fully saturated rings. The number of methoxy groups -OCH3 is 1. The van der Waals surface area contributed by atoms with Gasteiger partial charge in [-0.2, -0.15) is 13.2 Å². The lowest BCUT2D eigenvalue weighted by atomic mass is 9.81. The summed E-state index contributed by atoms with van der Waals surface area (Å²) in [5, 5.41) is 2.75. The lowest BCUT2D eigenvalue weighted by Gasteiger charge is -2.22. The number of halogens is 3. The molecular formula is C23H21F3N8O2. The van der Waals surface area contributed by atoms with Gasteiger partial charge in [-0.1, -0.05) is 0 Å². The van der Waals surface area contributed by atoms with E-state index in [1.165, 1.54) is 19.5 Å². The first-order chi connectivity index (χ1) is 17.1. The van der Waals surface area contributed by atoms with Gasteiger partial charge in [0.05, 0.1) is 30.3 Å². The van der Waals surface area contributed by atoms with Gasteiger partial charge in [0, 0.05) is 25.0 Å². The SMILES string of the molecule is COc1ccc(C2(C)C(=O)Nc3nc(-c4cn5ccnc5c(CCCC(F)(F)F)n4)nc(N)c32)nc1. The molecule has 186 valence electrons. The van der Waals surface area contributed by atoms with E-state index in [9.17, 15) is 18.0 Å². The molecular weight excluding hydrogens is 477 g/mol. The summed E-state index contributed by atoms with van der Waals surface area (Å²) in [5.74, 6) is 0.547. The first-order valence-electron chi connectivity index (χ1n) is 11.0. The number of pyridine rings is 1. The Morgan fingerprint density at radius 3 is 2.69 bits per heavy atom. The molecule has 0 aliphatic carbocycles. The average molecular weight is 498 g/mol. The van der Waals surface area contributed by atoms with Crippen molar-refractivity contribution >= 4 is 23.2 Å². The first-order valence-corrected chi connectivity index (χ1v) is 11.0. The number of nitrogens with one attached hydrogen (secondary N) is 1. The van der Waals surface area contributed by atoms with E-state index in [2.05, 4.69) is 30.2 Å². The highest BCUT2D eigenvalue weighted by atomic mass is 19.4. The molecule has 0 bridgehead atoms. The lowest BCUT2D eigenvalue weighted by Crippen LogP contribution is -2.33. The maximum absolute atomic E-state index is 13.1. The van der Waals surface area contributed by atoms with E-state index in [-0.39, 0.29) is 41.9 Å². The van der Waals surface area contributed by atoms with Crippen LogP contribution in [-0.4, -0.2) is 48.5 Å². The van der Waals surface area contributed by atoms with E-state index in [0.29, 0.717) is 28.3 Å². The maximum atomic E-state index is 13.1. The second kappa shape index (κ2) is 8.43. The van der Waals surface area contributed by atoms with Gasteiger partial charge in [-0.3, -0.25) is 9.78 Å². The number of nitrogen functional groups attached to an aromatic ring is 1. The summed E-state index contributed by atoms with van der Waals surface area (Å²) in [7, 11) is 1.51. The Labute approximate surface area is 202 Å². The molecule has 0 saturated carbocycles. The molecule has 13 heteroatoms. The van der Waals surface area contributed by atoms with Crippen LogP contribution in [0.5, 0.6) is 5.75 Å². The second-order valence-corrected chi connectivity index (χ2v) is 8.52. The van der Waals surface area contributed by atoms with Crippen LogP contribution in [0.25, 0.3) is 17.2 Å². The number of ether oxygens (including phenoxy) is 1. The molecule has 5 rings (SSSR count). The van der Waals surface area contributed by atoms with Gasteiger partial charge in [0.15, 0.2) is 11.5 Å². The Morgan fingerprint density at radius 2 is 2.00 bits per heavy atom. The third kappa shape index (κ3) is 3.95. The number of anilines is 2. The summed E-state index contributed by atoms with van der Waals surface area (Å²) in [6.07, 6.45) is 1.02. The molecule has 1 unspecified atom stereocenters. The molecule has 0 saturated heterocycles. The molecule has 36 heavy (non-hydrogen) atoms. The van der Waals surface area contributed by atoms with Crippen molar-refractivity contribution in [1.29, 1.82) is 0 Å². The van der Waals surface area contributed by atoms with Gasteiger partial charge >= 0.3 is 6.18 Å². The van der Waals surface area contributed by atoms with Crippen LogP contribution in [0.15, 0.2) is 36.9 Å². The van der Waals surface area contributed by atoms with Crippen LogP contribution in [0, 0.1) is 0 Å². The highest BCUT2D eigenvalue weighted by Crippen LogP contribution is 2.44. The minimum Gasteiger partial charge on any atom is -0.495 e. The van der Waals surface area contributed by atoms with Gasteiger partial charge in [-0.05, 0) is 31.9 Å². The molecule has 4 aromatic heterocycles. The summed E-state index contributed by atoms with van der Waals surface area (Å²) < 4.78 is 44.8. The molecule has 0 aromatic carbocycles. The number of carbonyl (C=O) groups is 1.